The minimum Gasteiger partial charge on any atom is -0.493 e. The third kappa shape index (κ3) is 4.78. The van der Waals surface area contributed by atoms with Crippen LogP contribution in [0.3, 0.4) is 0 Å². The second-order valence-electron chi connectivity index (χ2n) is 3.71. The van der Waals surface area contributed by atoms with E-state index in [-0.39, 0.29) is 5.56 Å². The molecule has 19 heavy (non-hydrogen) atoms. The first-order valence-corrected chi connectivity index (χ1v) is 5.40. The highest BCUT2D eigenvalue weighted by Crippen LogP contribution is 2.27. The molecule has 0 aliphatic heterocycles. The Hall–Kier alpha value is -1.76. The van der Waals surface area contributed by atoms with E-state index in [0.29, 0.717) is 11.5 Å². The third-order valence-electron chi connectivity index (χ3n) is 2.32. The summed E-state index contributed by atoms with van der Waals surface area (Å²) in [4.78, 5) is 11.7. The second kappa shape index (κ2) is 6.42. The van der Waals surface area contributed by atoms with Gasteiger partial charge in [0.1, 0.15) is 0 Å². The number of hydrogen-bond acceptors (Lipinski definition) is 4. The number of hydrogen-bond donors (Lipinski definition) is 1. The van der Waals surface area contributed by atoms with Crippen LogP contribution in [0.25, 0.3) is 0 Å². The van der Waals surface area contributed by atoms with Gasteiger partial charge in [-0.25, -0.2) is 0 Å². The third-order valence-corrected chi connectivity index (χ3v) is 2.32. The minimum atomic E-state index is -4.34. The van der Waals surface area contributed by atoms with E-state index < -0.39 is 25.0 Å². The van der Waals surface area contributed by atoms with Crippen LogP contribution in [0, 0.1) is 0 Å². The Bertz CT molecular complexity index is 446. The maximum atomic E-state index is 11.9. The van der Waals surface area contributed by atoms with E-state index in [4.69, 9.17) is 9.47 Å². The highest BCUT2D eigenvalue weighted by atomic mass is 19.4. The Kier molecular flexibility index (Phi) is 5.17. The molecule has 0 fully saturated rings. The van der Waals surface area contributed by atoms with Gasteiger partial charge in [-0.3, -0.25) is 4.79 Å². The van der Waals surface area contributed by atoms with Gasteiger partial charge in [-0.05, 0) is 18.2 Å². The molecule has 4 nitrogen and oxygen atoms in total. The molecule has 0 unspecified atom stereocenters. The monoisotopic (exact) mass is 277 g/mol. The van der Waals surface area contributed by atoms with Crippen molar-refractivity contribution in [2.24, 2.45) is 0 Å². The van der Waals surface area contributed by atoms with Gasteiger partial charge in [-0.2, -0.15) is 13.2 Å². The molecule has 0 saturated carbocycles. The number of ether oxygens (including phenoxy) is 2. The Morgan fingerprint density at radius 3 is 2.37 bits per heavy atom. The van der Waals surface area contributed by atoms with Crippen molar-refractivity contribution in [2.75, 3.05) is 27.3 Å². The van der Waals surface area contributed by atoms with Crippen molar-refractivity contribution in [3.8, 4) is 11.5 Å². The SMILES string of the molecule is COc1ccc(C(=O)CNCC(F)(F)F)cc1OC. The van der Waals surface area contributed by atoms with E-state index in [2.05, 4.69) is 0 Å². The van der Waals surface area contributed by atoms with Crippen LogP contribution in [0.4, 0.5) is 13.2 Å². The Morgan fingerprint density at radius 2 is 1.84 bits per heavy atom. The molecule has 106 valence electrons. The Labute approximate surface area is 108 Å². The molecule has 0 spiro atoms. The first-order valence-electron chi connectivity index (χ1n) is 5.40. The van der Waals surface area contributed by atoms with Crippen LogP contribution >= 0.6 is 0 Å². The molecular weight excluding hydrogens is 263 g/mol. The Balaban J connectivity index is 2.67. The van der Waals surface area contributed by atoms with Crippen molar-refractivity contribution in [1.29, 1.82) is 0 Å². The average Bonchev–Trinajstić information content (AvgIpc) is 2.36. The van der Waals surface area contributed by atoms with Gasteiger partial charge in [0.25, 0.3) is 0 Å². The number of rotatable bonds is 6. The summed E-state index contributed by atoms with van der Waals surface area (Å²) in [5.74, 6) is 0.344. The molecule has 0 bridgehead atoms. The van der Waals surface area contributed by atoms with E-state index >= 15 is 0 Å². The zero-order chi connectivity index (χ0) is 14.5. The van der Waals surface area contributed by atoms with Gasteiger partial charge < -0.3 is 14.8 Å². The first-order chi connectivity index (χ1) is 8.87. The maximum Gasteiger partial charge on any atom is 0.401 e. The lowest BCUT2D eigenvalue weighted by Gasteiger charge is -2.10. The molecule has 0 radical (unpaired) electrons. The lowest BCUT2D eigenvalue weighted by Crippen LogP contribution is -2.32. The summed E-state index contributed by atoms with van der Waals surface area (Å²) in [5.41, 5.74) is 0.257. The average molecular weight is 277 g/mol. The van der Waals surface area contributed by atoms with Crippen LogP contribution in [-0.4, -0.2) is 39.3 Å². The smallest absolute Gasteiger partial charge is 0.401 e. The predicted molar refractivity (Wildman–Crippen MR) is 62.8 cm³/mol. The predicted octanol–water partition coefficient (Wildman–Crippen LogP) is 2.04. The fourth-order valence-corrected chi connectivity index (χ4v) is 1.43. The van der Waals surface area contributed by atoms with Gasteiger partial charge in [0.2, 0.25) is 0 Å². The summed E-state index contributed by atoms with van der Waals surface area (Å²) in [6.45, 7) is -1.60. The van der Waals surface area contributed by atoms with Crippen molar-refractivity contribution in [2.45, 2.75) is 6.18 Å². The maximum absolute atomic E-state index is 11.9. The van der Waals surface area contributed by atoms with E-state index in [1.54, 1.807) is 0 Å². The highest BCUT2D eigenvalue weighted by Gasteiger charge is 2.26. The van der Waals surface area contributed by atoms with E-state index in [9.17, 15) is 18.0 Å². The first kappa shape index (κ1) is 15.3. The Morgan fingerprint density at radius 1 is 1.21 bits per heavy atom. The zero-order valence-corrected chi connectivity index (χ0v) is 10.5. The normalized spacial score (nSPS) is 11.2. The van der Waals surface area contributed by atoms with Gasteiger partial charge in [0, 0.05) is 5.56 Å². The number of alkyl halides is 3. The molecule has 1 aromatic carbocycles. The number of carbonyl (C=O) groups excluding carboxylic acids is 1. The van der Waals surface area contributed by atoms with Crippen LogP contribution in [0.2, 0.25) is 0 Å². The largest absolute Gasteiger partial charge is 0.493 e. The van der Waals surface area contributed by atoms with Gasteiger partial charge in [0.05, 0.1) is 27.3 Å². The number of Topliss-reactive ketones (excluding diaryl/α,β-unsaturated/α-hetero) is 1. The molecule has 0 atom stereocenters. The van der Waals surface area contributed by atoms with E-state index in [1.807, 2.05) is 5.32 Å². The highest BCUT2D eigenvalue weighted by molar-refractivity contribution is 5.98. The molecule has 7 heteroatoms. The summed E-state index contributed by atoms with van der Waals surface area (Å²) in [6.07, 6.45) is -4.34. The van der Waals surface area contributed by atoms with E-state index in [1.165, 1.54) is 32.4 Å². The fraction of sp³-hybridized carbons (Fsp3) is 0.417. The van der Waals surface area contributed by atoms with Gasteiger partial charge in [0.15, 0.2) is 17.3 Å². The summed E-state index contributed by atoms with van der Waals surface area (Å²) in [6, 6.07) is 4.42. The molecule has 1 N–H and O–H groups in total. The molecule has 0 amide bonds. The van der Waals surface area contributed by atoms with Crippen molar-refractivity contribution in [3.05, 3.63) is 23.8 Å². The number of methoxy groups -OCH3 is 2. The summed E-state index contributed by atoms with van der Waals surface area (Å²) in [5, 5.41) is 2.04. The van der Waals surface area contributed by atoms with Gasteiger partial charge in [-0.15, -0.1) is 0 Å². The lowest BCUT2D eigenvalue weighted by molar-refractivity contribution is -0.124. The number of ketones is 1. The molecular formula is C12H14F3NO3. The number of benzene rings is 1. The molecule has 1 rings (SSSR count). The molecule has 0 aliphatic rings. The summed E-state index contributed by atoms with van der Waals surface area (Å²) in [7, 11) is 2.86. The van der Waals surface area contributed by atoms with Gasteiger partial charge in [-0.1, -0.05) is 0 Å². The minimum absolute atomic E-state index is 0.257. The fourth-order valence-electron chi connectivity index (χ4n) is 1.43. The quantitative estimate of drug-likeness (QED) is 0.808. The van der Waals surface area contributed by atoms with Crippen LogP contribution < -0.4 is 14.8 Å². The van der Waals surface area contributed by atoms with Crippen molar-refractivity contribution in [1.82, 2.24) is 5.32 Å². The van der Waals surface area contributed by atoms with Crippen LogP contribution in [-0.2, 0) is 0 Å². The summed E-state index contributed by atoms with van der Waals surface area (Å²) < 4.78 is 45.8. The van der Waals surface area contributed by atoms with Crippen LogP contribution in [0.5, 0.6) is 11.5 Å². The van der Waals surface area contributed by atoms with E-state index in [0.717, 1.165) is 0 Å². The standard InChI is InChI=1S/C12H14F3NO3/c1-18-10-4-3-8(5-11(10)19-2)9(17)6-16-7-12(13,14)15/h3-5,16H,6-7H2,1-2H3. The number of nitrogens with one attached hydrogen (secondary N) is 1. The molecule has 1 aromatic rings. The topological polar surface area (TPSA) is 47.6 Å². The van der Waals surface area contributed by atoms with Gasteiger partial charge >= 0.3 is 6.18 Å². The molecule has 0 aromatic heterocycles. The second-order valence-corrected chi connectivity index (χ2v) is 3.71. The van der Waals surface area contributed by atoms with Crippen LogP contribution in [0.1, 0.15) is 10.4 Å². The molecule has 0 heterocycles. The zero-order valence-electron chi connectivity index (χ0n) is 10.5. The van der Waals surface area contributed by atoms with Crippen LogP contribution in [0.15, 0.2) is 18.2 Å². The van der Waals surface area contributed by atoms with Crippen molar-refractivity contribution < 1.29 is 27.4 Å². The summed E-state index contributed by atoms with van der Waals surface area (Å²) >= 11 is 0. The molecule has 0 saturated heterocycles. The van der Waals surface area contributed by atoms with Crippen molar-refractivity contribution >= 4 is 5.78 Å². The molecule has 0 aliphatic carbocycles. The number of carbonyl (C=O) groups is 1. The number of halogens is 3. The lowest BCUT2D eigenvalue weighted by atomic mass is 10.1. The van der Waals surface area contributed by atoms with Crippen molar-refractivity contribution in [3.63, 3.8) is 0 Å².